The van der Waals surface area contributed by atoms with Crippen molar-refractivity contribution in [1.82, 2.24) is 4.90 Å². The average molecular weight is 174 g/mol. The largest absolute Gasteiger partial charge is 0.394 e. The molecular formula is C8H18N2O2. The zero-order valence-electron chi connectivity index (χ0n) is 7.57. The molecule has 1 heterocycles. The van der Waals surface area contributed by atoms with Crippen LogP contribution in [0.3, 0.4) is 0 Å². The van der Waals surface area contributed by atoms with Crippen molar-refractivity contribution in [2.24, 2.45) is 5.73 Å². The Balaban J connectivity index is 2.28. The van der Waals surface area contributed by atoms with Crippen molar-refractivity contribution in [1.29, 1.82) is 0 Å². The second kappa shape index (κ2) is 4.77. The van der Waals surface area contributed by atoms with Crippen molar-refractivity contribution in [3.8, 4) is 0 Å². The molecule has 4 heteroatoms. The first-order chi connectivity index (χ1) is 5.74. The molecule has 0 radical (unpaired) electrons. The Morgan fingerprint density at radius 1 is 1.67 bits per heavy atom. The fourth-order valence-electron chi connectivity index (χ4n) is 1.47. The monoisotopic (exact) mass is 174 g/mol. The van der Waals surface area contributed by atoms with Crippen molar-refractivity contribution in [3.63, 3.8) is 0 Å². The Morgan fingerprint density at radius 3 is 3.08 bits per heavy atom. The SMILES string of the molecule is CN1CC[C@@H](N)[C@H](OCCO)C1. The molecule has 72 valence electrons. The van der Waals surface area contributed by atoms with Gasteiger partial charge >= 0.3 is 0 Å². The molecular weight excluding hydrogens is 156 g/mol. The molecule has 0 aromatic carbocycles. The van der Waals surface area contributed by atoms with Crippen LogP contribution in [0.2, 0.25) is 0 Å². The quantitative estimate of drug-likeness (QED) is 0.578. The van der Waals surface area contributed by atoms with Gasteiger partial charge in [0.2, 0.25) is 0 Å². The molecule has 0 bridgehead atoms. The maximum absolute atomic E-state index is 8.57. The molecule has 0 saturated carbocycles. The number of hydrogen-bond donors (Lipinski definition) is 2. The van der Waals surface area contributed by atoms with Crippen LogP contribution in [0.1, 0.15) is 6.42 Å². The van der Waals surface area contributed by atoms with E-state index < -0.39 is 0 Å². The molecule has 0 unspecified atom stereocenters. The van der Waals surface area contributed by atoms with Crippen LogP contribution in [0.25, 0.3) is 0 Å². The van der Waals surface area contributed by atoms with Crippen LogP contribution >= 0.6 is 0 Å². The summed E-state index contributed by atoms with van der Waals surface area (Å²) in [5, 5.41) is 8.57. The molecule has 0 amide bonds. The molecule has 12 heavy (non-hydrogen) atoms. The van der Waals surface area contributed by atoms with Crippen LogP contribution in [-0.2, 0) is 4.74 Å². The normalized spacial score (nSPS) is 32.2. The number of ether oxygens (including phenoxy) is 1. The number of rotatable bonds is 3. The van der Waals surface area contributed by atoms with E-state index in [1.165, 1.54) is 0 Å². The van der Waals surface area contributed by atoms with Crippen LogP contribution in [0, 0.1) is 0 Å². The Bertz CT molecular complexity index is 132. The summed E-state index contributed by atoms with van der Waals surface area (Å²) in [4.78, 5) is 2.20. The summed E-state index contributed by atoms with van der Waals surface area (Å²) in [5.41, 5.74) is 5.85. The smallest absolute Gasteiger partial charge is 0.0854 e. The van der Waals surface area contributed by atoms with Gasteiger partial charge in [-0.3, -0.25) is 0 Å². The number of hydrogen-bond acceptors (Lipinski definition) is 4. The average Bonchev–Trinajstić information content (AvgIpc) is 2.07. The van der Waals surface area contributed by atoms with Crippen LogP contribution in [0.15, 0.2) is 0 Å². The Hall–Kier alpha value is -0.160. The number of nitrogens with zero attached hydrogens (tertiary/aromatic N) is 1. The van der Waals surface area contributed by atoms with E-state index in [0.29, 0.717) is 6.61 Å². The number of nitrogens with two attached hydrogens (primary N) is 1. The molecule has 1 aliphatic rings. The van der Waals surface area contributed by atoms with Gasteiger partial charge in [-0.25, -0.2) is 0 Å². The fraction of sp³-hybridized carbons (Fsp3) is 1.00. The van der Waals surface area contributed by atoms with E-state index in [9.17, 15) is 0 Å². The Kier molecular flexibility index (Phi) is 3.94. The van der Waals surface area contributed by atoms with E-state index in [2.05, 4.69) is 11.9 Å². The van der Waals surface area contributed by atoms with Gasteiger partial charge in [0, 0.05) is 12.6 Å². The van der Waals surface area contributed by atoms with Crippen molar-refractivity contribution < 1.29 is 9.84 Å². The van der Waals surface area contributed by atoms with Gasteiger partial charge in [-0.2, -0.15) is 0 Å². The second-order valence-corrected chi connectivity index (χ2v) is 3.35. The summed E-state index contributed by atoms with van der Waals surface area (Å²) in [5.74, 6) is 0. The third-order valence-electron chi connectivity index (χ3n) is 2.24. The summed E-state index contributed by atoms with van der Waals surface area (Å²) < 4.78 is 5.40. The maximum Gasteiger partial charge on any atom is 0.0854 e. The molecule has 0 aliphatic carbocycles. The minimum absolute atomic E-state index is 0.0763. The van der Waals surface area contributed by atoms with Gasteiger partial charge < -0.3 is 20.5 Å². The first kappa shape index (κ1) is 9.92. The van der Waals surface area contributed by atoms with Crippen LogP contribution in [0.5, 0.6) is 0 Å². The molecule has 1 fully saturated rings. The lowest BCUT2D eigenvalue weighted by Crippen LogP contribution is -2.50. The molecule has 1 rings (SSSR count). The van der Waals surface area contributed by atoms with Gasteiger partial charge in [0.1, 0.15) is 0 Å². The van der Waals surface area contributed by atoms with Crippen LogP contribution < -0.4 is 5.73 Å². The highest BCUT2D eigenvalue weighted by atomic mass is 16.5. The number of likely N-dealkylation sites (tertiary alicyclic amines) is 1. The number of likely N-dealkylation sites (N-methyl/N-ethyl adjacent to an activating group) is 1. The van der Waals surface area contributed by atoms with E-state index in [0.717, 1.165) is 19.5 Å². The summed E-state index contributed by atoms with van der Waals surface area (Å²) in [7, 11) is 2.06. The van der Waals surface area contributed by atoms with Gasteiger partial charge in [0.05, 0.1) is 19.3 Å². The third kappa shape index (κ3) is 2.71. The predicted molar refractivity (Wildman–Crippen MR) is 46.9 cm³/mol. The Morgan fingerprint density at radius 2 is 2.42 bits per heavy atom. The molecule has 0 aromatic rings. The summed E-state index contributed by atoms with van der Waals surface area (Å²) >= 11 is 0. The van der Waals surface area contributed by atoms with Gasteiger partial charge in [0.15, 0.2) is 0 Å². The fourth-order valence-corrected chi connectivity index (χ4v) is 1.47. The summed E-state index contributed by atoms with van der Waals surface area (Å²) in [6.07, 6.45) is 1.07. The number of aliphatic hydroxyl groups is 1. The zero-order chi connectivity index (χ0) is 8.97. The predicted octanol–water partition coefficient (Wildman–Crippen LogP) is -0.973. The highest BCUT2D eigenvalue weighted by Gasteiger charge is 2.24. The van der Waals surface area contributed by atoms with E-state index in [4.69, 9.17) is 15.6 Å². The topological polar surface area (TPSA) is 58.7 Å². The minimum atomic E-state index is 0.0763. The highest BCUT2D eigenvalue weighted by molar-refractivity contribution is 4.82. The second-order valence-electron chi connectivity index (χ2n) is 3.35. The lowest BCUT2D eigenvalue weighted by atomic mass is 10.0. The first-order valence-electron chi connectivity index (χ1n) is 4.40. The standard InChI is InChI=1S/C8H18N2O2/c1-10-3-2-7(9)8(6-10)12-5-4-11/h7-8,11H,2-6,9H2,1H3/t7-,8-/m1/s1. The number of aliphatic hydroxyl groups excluding tert-OH is 1. The van der Waals surface area contributed by atoms with E-state index in [-0.39, 0.29) is 18.8 Å². The van der Waals surface area contributed by atoms with Gasteiger partial charge in [0.25, 0.3) is 0 Å². The van der Waals surface area contributed by atoms with Crippen molar-refractivity contribution in [2.75, 3.05) is 33.4 Å². The van der Waals surface area contributed by atoms with Gasteiger partial charge in [-0.15, -0.1) is 0 Å². The molecule has 2 atom stereocenters. The van der Waals surface area contributed by atoms with Gasteiger partial charge in [-0.1, -0.05) is 0 Å². The lowest BCUT2D eigenvalue weighted by molar-refractivity contribution is -0.0200. The molecule has 1 aliphatic heterocycles. The van der Waals surface area contributed by atoms with E-state index in [1.54, 1.807) is 0 Å². The van der Waals surface area contributed by atoms with Gasteiger partial charge in [-0.05, 0) is 20.0 Å². The molecule has 1 saturated heterocycles. The van der Waals surface area contributed by atoms with E-state index in [1.807, 2.05) is 0 Å². The lowest BCUT2D eigenvalue weighted by Gasteiger charge is -2.34. The molecule has 0 spiro atoms. The van der Waals surface area contributed by atoms with Crippen molar-refractivity contribution >= 4 is 0 Å². The molecule has 3 N–H and O–H groups in total. The maximum atomic E-state index is 8.57. The van der Waals surface area contributed by atoms with E-state index >= 15 is 0 Å². The van der Waals surface area contributed by atoms with Crippen LogP contribution in [0.4, 0.5) is 0 Å². The van der Waals surface area contributed by atoms with Crippen molar-refractivity contribution in [2.45, 2.75) is 18.6 Å². The molecule has 4 nitrogen and oxygen atoms in total. The minimum Gasteiger partial charge on any atom is -0.394 e. The van der Waals surface area contributed by atoms with Crippen molar-refractivity contribution in [3.05, 3.63) is 0 Å². The highest BCUT2D eigenvalue weighted by Crippen LogP contribution is 2.10. The summed E-state index contributed by atoms with van der Waals surface area (Å²) in [6, 6.07) is 0.132. The summed E-state index contributed by atoms with van der Waals surface area (Å²) in [6.45, 7) is 2.39. The first-order valence-corrected chi connectivity index (χ1v) is 4.40. The van der Waals surface area contributed by atoms with Crippen LogP contribution in [-0.4, -0.2) is 55.5 Å². The third-order valence-corrected chi connectivity index (χ3v) is 2.24. The number of piperidine rings is 1. The Labute approximate surface area is 73.3 Å². The zero-order valence-corrected chi connectivity index (χ0v) is 7.57. The molecule has 0 aromatic heterocycles.